The fraction of sp³-hybridized carbons (Fsp3) is 0.444. The molecule has 0 fully saturated rings. The number of pyridine rings is 1. The van der Waals surface area contributed by atoms with E-state index in [4.69, 9.17) is 0 Å². The molecule has 0 aromatic carbocycles. The normalized spacial score (nSPS) is 12.9. The Hall–Kier alpha value is -0.370. The number of hydrogen-bond donors (Lipinski definition) is 0. The summed E-state index contributed by atoms with van der Waals surface area (Å²) in [5.74, 6) is 0. The summed E-state index contributed by atoms with van der Waals surface area (Å²) in [6, 6.07) is 6.01. The highest BCUT2D eigenvalue weighted by Crippen LogP contribution is 2.24. The molecular formula is C9H12BrN. The van der Waals surface area contributed by atoms with Crippen molar-refractivity contribution in [2.45, 2.75) is 24.6 Å². The van der Waals surface area contributed by atoms with E-state index in [0.29, 0.717) is 4.83 Å². The quantitative estimate of drug-likeness (QED) is 0.703. The number of rotatable bonds is 3. The lowest BCUT2D eigenvalue weighted by Gasteiger charge is -2.05. The van der Waals surface area contributed by atoms with Crippen LogP contribution in [0.4, 0.5) is 0 Å². The van der Waals surface area contributed by atoms with Crippen molar-refractivity contribution in [2.75, 3.05) is 0 Å². The van der Waals surface area contributed by atoms with Gasteiger partial charge in [0.25, 0.3) is 0 Å². The molecule has 0 unspecified atom stereocenters. The van der Waals surface area contributed by atoms with E-state index in [2.05, 4.69) is 33.9 Å². The standard InChI is InChI=1S/C9H12BrN/c1-2-5-8(10)9-6-3-4-7-11-9/h3-4,6-8H,2,5H2,1H3/t8-/m0/s1. The topological polar surface area (TPSA) is 12.9 Å². The zero-order valence-corrected chi connectivity index (χ0v) is 8.21. The molecule has 0 saturated carbocycles. The van der Waals surface area contributed by atoms with Crippen molar-refractivity contribution >= 4 is 15.9 Å². The minimum Gasteiger partial charge on any atom is -0.260 e. The highest BCUT2D eigenvalue weighted by molar-refractivity contribution is 9.09. The first kappa shape index (κ1) is 8.72. The second-order valence-corrected chi connectivity index (χ2v) is 3.62. The Morgan fingerprint density at radius 2 is 2.36 bits per heavy atom. The molecule has 0 saturated heterocycles. The fourth-order valence-corrected chi connectivity index (χ4v) is 1.69. The maximum absolute atomic E-state index is 4.25. The van der Waals surface area contributed by atoms with Crippen molar-refractivity contribution in [1.29, 1.82) is 0 Å². The van der Waals surface area contributed by atoms with E-state index in [1.54, 1.807) is 0 Å². The summed E-state index contributed by atoms with van der Waals surface area (Å²) in [7, 11) is 0. The van der Waals surface area contributed by atoms with Crippen molar-refractivity contribution in [3.63, 3.8) is 0 Å². The van der Waals surface area contributed by atoms with E-state index in [9.17, 15) is 0 Å². The molecule has 0 spiro atoms. The van der Waals surface area contributed by atoms with Crippen LogP contribution in [0.2, 0.25) is 0 Å². The van der Waals surface area contributed by atoms with Crippen LogP contribution in [-0.2, 0) is 0 Å². The minimum atomic E-state index is 0.425. The second-order valence-electron chi connectivity index (χ2n) is 2.51. The van der Waals surface area contributed by atoms with Crippen LogP contribution in [0.5, 0.6) is 0 Å². The molecule has 1 rings (SSSR count). The van der Waals surface area contributed by atoms with Gasteiger partial charge in [0.05, 0.1) is 10.5 Å². The Kier molecular flexibility index (Phi) is 3.57. The molecule has 1 atom stereocenters. The summed E-state index contributed by atoms with van der Waals surface area (Å²) in [5, 5.41) is 0. The summed E-state index contributed by atoms with van der Waals surface area (Å²) in [6.45, 7) is 2.18. The SMILES string of the molecule is CCC[C@H](Br)c1ccccn1. The van der Waals surface area contributed by atoms with Gasteiger partial charge in [-0.2, -0.15) is 0 Å². The third-order valence-electron chi connectivity index (χ3n) is 1.55. The van der Waals surface area contributed by atoms with E-state index in [1.807, 2.05) is 18.3 Å². The number of alkyl halides is 1. The highest BCUT2D eigenvalue weighted by Gasteiger charge is 2.05. The van der Waals surface area contributed by atoms with Gasteiger partial charge in [0.2, 0.25) is 0 Å². The highest BCUT2D eigenvalue weighted by atomic mass is 79.9. The lowest BCUT2D eigenvalue weighted by atomic mass is 10.2. The average molecular weight is 214 g/mol. The van der Waals surface area contributed by atoms with Crippen LogP contribution in [0.25, 0.3) is 0 Å². The van der Waals surface area contributed by atoms with Crippen molar-refractivity contribution in [2.24, 2.45) is 0 Å². The molecule has 2 heteroatoms. The molecule has 1 heterocycles. The van der Waals surface area contributed by atoms with Gasteiger partial charge in [-0.15, -0.1) is 0 Å². The summed E-state index contributed by atoms with van der Waals surface area (Å²) < 4.78 is 0. The van der Waals surface area contributed by atoms with Gasteiger partial charge in [-0.1, -0.05) is 35.3 Å². The summed E-state index contributed by atoms with van der Waals surface area (Å²) in [6.07, 6.45) is 4.17. The second kappa shape index (κ2) is 4.50. The van der Waals surface area contributed by atoms with E-state index >= 15 is 0 Å². The number of hydrogen-bond acceptors (Lipinski definition) is 1. The van der Waals surface area contributed by atoms with Gasteiger partial charge in [-0.05, 0) is 18.6 Å². The first-order valence-corrected chi connectivity index (χ1v) is 4.81. The molecule has 0 aliphatic rings. The fourth-order valence-electron chi connectivity index (χ4n) is 0.963. The molecule has 1 nitrogen and oxygen atoms in total. The minimum absolute atomic E-state index is 0.425. The van der Waals surface area contributed by atoms with Gasteiger partial charge in [-0.3, -0.25) is 4.98 Å². The predicted octanol–water partition coefficient (Wildman–Crippen LogP) is 3.32. The molecule has 0 aliphatic heterocycles. The predicted molar refractivity (Wildman–Crippen MR) is 50.8 cm³/mol. The van der Waals surface area contributed by atoms with Crippen LogP contribution in [0.15, 0.2) is 24.4 Å². The number of nitrogens with zero attached hydrogens (tertiary/aromatic N) is 1. The number of aromatic nitrogens is 1. The third-order valence-corrected chi connectivity index (χ3v) is 2.48. The van der Waals surface area contributed by atoms with Crippen molar-refractivity contribution in [1.82, 2.24) is 4.98 Å². The first-order valence-electron chi connectivity index (χ1n) is 3.89. The Morgan fingerprint density at radius 3 is 2.91 bits per heavy atom. The number of halogens is 1. The van der Waals surface area contributed by atoms with Gasteiger partial charge < -0.3 is 0 Å². The van der Waals surface area contributed by atoms with Gasteiger partial charge in [-0.25, -0.2) is 0 Å². The molecule has 0 radical (unpaired) electrons. The van der Waals surface area contributed by atoms with E-state index < -0.39 is 0 Å². The van der Waals surface area contributed by atoms with Crippen molar-refractivity contribution < 1.29 is 0 Å². The molecule has 0 N–H and O–H groups in total. The summed E-state index contributed by atoms with van der Waals surface area (Å²) in [5.41, 5.74) is 1.13. The third kappa shape index (κ3) is 2.62. The molecule has 11 heavy (non-hydrogen) atoms. The van der Waals surface area contributed by atoms with Crippen LogP contribution in [0.3, 0.4) is 0 Å². The molecule has 0 bridgehead atoms. The van der Waals surface area contributed by atoms with Crippen molar-refractivity contribution in [3.05, 3.63) is 30.1 Å². The van der Waals surface area contributed by atoms with Crippen LogP contribution in [0.1, 0.15) is 30.3 Å². The zero-order chi connectivity index (χ0) is 8.10. The molecule has 60 valence electrons. The van der Waals surface area contributed by atoms with Crippen LogP contribution in [-0.4, -0.2) is 4.98 Å². The van der Waals surface area contributed by atoms with E-state index in [0.717, 1.165) is 12.1 Å². The molecular weight excluding hydrogens is 202 g/mol. The smallest absolute Gasteiger partial charge is 0.0568 e. The van der Waals surface area contributed by atoms with E-state index in [1.165, 1.54) is 6.42 Å². The molecule has 1 aromatic heterocycles. The largest absolute Gasteiger partial charge is 0.260 e. The average Bonchev–Trinajstić information content (AvgIpc) is 2.07. The summed E-state index contributed by atoms with van der Waals surface area (Å²) in [4.78, 5) is 4.68. The first-order chi connectivity index (χ1) is 5.34. The van der Waals surface area contributed by atoms with Gasteiger partial charge in [0, 0.05) is 6.20 Å². The Morgan fingerprint density at radius 1 is 1.55 bits per heavy atom. The van der Waals surface area contributed by atoms with Crippen molar-refractivity contribution in [3.8, 4) is 0 Å². The lowest BCUT2D eigenvalue weighted by Crippen LogP contribution is -1.91. The summed E-state index contributed by atoms with van der Waals surface area (Å²) >= 11 is 3.58. The Bertz CT molecular complexity index is 198. The maximum atomic E-state index is 4.25. The monoisotopic (exact) mass is 213 g/mol. The van der Waals surface area contributed by atoms with Crippen LogP contribution >= 0.6 is 15.9 Å². The van der Waals surface area contributed by atoms with Gasteiger partial charge in [0.15, 0.2) is 0 Å². The van der Waals surface area contributed by atoms with E-state index in [-0.39, 0.29) is 0 Å². The molecule has 0 amide bonds. The molecule has 0 aliphatic carbocycles. The van der Waals surface area contributed by atoms with Crippen LogP contribution in [0, 0.1) is 0 Å². The van der Waals surface area contributed by atoms with Gasteiger partial charge in [0.1, 0.15) is 0 Å². The van der Waals surface area contributed by atoms with Gasteiger partial charge >= 0.3 is 0 Å². The maximum Gasteiger partial charge on any atom is 0.0568 e. The molecule has 1 aromatic rings. The zero-order valence-electron chi connectivity index (χ0n) is 6.63. The Labute approximate surface area is 76.0 Å². The van der Waals surface area contributed by atoms with Crippen LogP contribution < -0.4 is 0 Å². The lowest BCUT2D eigenvalue weighted by molar-refractivity contribution is 0.770. The Balaban J connectivity index is 2.61.